The molecule has 2 N–H and O–H groups in total. The van der Waals surface area contributed by atoms with Crippen LogP contribution in [0.3, 0.4) is 0 Å². The van der Waals surface area contributed by atoms with E-state index < -0.39 is 32.7 Å². The molecule has 0 spiro atoms. The highest BCUT2D eigenvalue weighted by atomic mass is 32.2. The number of halogens is 1. The number of benzene rings is 2. The Balaban J connectivity index is 1.87. The first-order valence-electron chi connectivity index (χ1n) is 8.47. The molecule has 28 heavy (non-hydrogen) atoms. The van der Waals surface area contributed by atoms with Gasteiger partial charge >= 0.3 is 0 Å². The summed E-state index contributed by atoms with van der Waals surface area (Å²) >= 11 is 0. The van der Waals surface area contributed by atoms with Gasteiger partial charge < -0.3 is 5.32 Å². The van der Waals surface area contributed by atoms with Crippen molar-refractivity contribution >= 4 is 21.6 Å². The van der Waals surface area contributed by atoms with Gasteiger partial charge in [-0.15, -0.1) is 0 Å². The first-order valence-corrected chi connectivity index (χ1v) is 9.96. The van der Waals surface area contributed by atoms with Crippen molar-refractivity contribution < 1.29 is 17.6 Å². The molecule has 3 rings (SSSR count). The van der Waals surface area contributed by atoms with Gasteiger partial charge in [-0.1, -0.05) is 42.5 Å². The van der Waals surface area contributed by atoms with Gasteiger partial charge in [-0.3, -0.25) is 9.78 Å². The molecule has 2 aromatic carbocycles. The molecule has 1 amide bonds. The molecule has 144 valence electrons. The molecule has 3 aromatic rings. The number of sulfonamides is 1. The lowest BCUT2D eigenvalue weighted by molar-refractivity contribution is -0.117. The maximum absolute atomic E-state index is 14.0. The summed E-state index contributed by atoms with van der Waals surface area (Å²) in [6, 6.07) is 16.0. The van der Waals surface area contributed by atoms with E-state index in [-0.39, 0.29) is 6.42 Å². The van der Waals surface area contributed by atoms with E-state index in [0.29, 0.717) is 5.69 Å². The summed E-state index contributed by atoms with van der Waals surface area (Å²) in [4.78, 5) is 16.1. The van der Waals surface area contributed by atoms with Gasteiger partial charge in [0.05, 0.1) is 0 Å². The molecule has 0 radical (unpaired) electrons. The third-order valence-corrected chi connectivity index (χ3v) is 5.48. The van der Waals surface area contributed by atoms with Crippen LogP contribution in [0, 0.1) is 5.82 Å². The fraction of sp³-hybridized carbons (Fsp3) is 0.100. The van der Waals surface area contributed by atoms with Crippen molar-refractivity contribution in [3.8, 4) is 0 Å². The van der Waals surface area contributed by atoms with Gasteiger partial charge in [0.25, 0.3) is 0 Å². The van der Waals surface area contributed by atoms with Gasteiger partial charge in [0.2, 0.25) is 15.9 Å². The quantitative estimate of drug-likeness (QED) is 0.639. The topological polar surface area (TPSA) is 88.2 Å². The normalized spacial score (nSPS) is 12.3. The second-order valence-corrected chi connectivity index (χ2v) is 7.70. The summed E-state index contributed by atoms with van der Waals surface area (Å²) in [5.41, 5.74) is 1.23. The van der Waals surface area contributed by atoms with Crippen molar-refractivity contribution in [3.63, 3.8) is 0 Å². The van der Waals surface area contributed by atoms with Gasteiger partial charge in [-0.25, -0.2) is 12.8 Å². The van der Waals surface area contributed by atoms with Gasteiger partial charge in [-0.2, -0.15) is 4.72 Å². The lowest BCUT2D eigenvalue weighted by atomic mass is 10.1. The fourth-order valence-electron chi connectivity index (χ4n) is 2.62. The van der Waals surface area contributed by atoms with Crippen LogP contribution in [0.4, 0.5) is 10.1 Å². The van der Waals surface area contributed by atoms with E-state index in [1.807, 2.05) is 6.07 Å². The first-order chi connectivity index (χ1) is 13.5. The fourth-order valence-corrected chi connectivity index (χ4v) is 3.89. The number of pyridine rings is 1. The molecule has 0 aliphatic carbocycles. The minimum atomic E-state index is -4.25. The minimum Gasteiger partial charge on any atom is -0.325 e. The third-order valence-electron chi connectivity index (χ3n) is 3.97. The van der Waals surface area contributed by atoms with E-state index in [0.717, 1.165) is 17.7 Å². The summed E-state index contributed by atoms with van der Waals surface area (Å²) in [5.74, 6) is -1.45. The maximum Gasteiger partial charge on any atom is 0.244 e. The molecule has 1 atom stereocenters. The summed E-state index contributed by atoms with van der Waals surface area (Å²) in [6.07, 6.45) is 3.11. The Bertz CT molecular complexity index is 1040. The van der Waals surface area contributed by atoms with Crippen LogP contribution in [0.1, 0.15) is 5.56 Å². The number of hydrogen-bond donors (Lipinski definition) is 2. The molecule has 0 aliphatic heterocycles. The molecular formula is C20H18FN3O3S. The molecule has 6 nitrogen and oxygen atoms in total. The Morgan fingerprint density at radius 2 is 1.61 bits per heavy atom. The molecule has 0 aliphatic rings. The van der Waals surface area contributed by atoms with Crippen molar-refractivity contribution in [1.82, 2.24) is 9.71 Å². The number of hydrogen-bond acceptors (Lipinski definition) is 4. The lowest BCUT2D eigenvalue weighted by Crippen LogP contribution is -2.45. The predicted molar refractivity (Wildman–Crippen MR) is 104 cm³/mol. The Hall–Kier alpha value is -3.10. The molecule has 0 saturated heterocycles. The number of carbonyl (C=O) groups excluding carboxylic acids is 1. The van der Waals surface area contributed by atoms with Crippen LogP contribution in [0.15, 0.2) is 84.0 Å². The SMILES string of the molecule is O=C(Nc1ccncc1)[C@H](Cc1ccccc1)NS(=O)(=O)c1ccccc1F. The summed E-state index contributed by atoms with van der Waals surface area (Å²) in [7, 11) is -4.25. The Morgan fingerprint density at radius 3 is 2.29 bits per heavy atom. The smallest absolute Gasteiger partial charge is 0.244 e. The number of carbonyl (C=O) groups is 1. The zero-order chi connectivity index (χ0) is 20.0. The van der Waals surface area contributed by atoms with Crippen LogP contribution in [0.5, 0.6) is 0 Å². The van der Waals surface area contributed by atoms with Crippen molar-refractivity contribution in [3.05, 3.63) is 90.5 Å². The second-order valence-electron chi connectivity index (χ2n) is 6.02. The van der Waals surface area contributed by atoms with E-state index >= 15 is 0 Å². The summed E-state index contributed by atoms with van der Waals surface area (Å²) in [6.45, 7) is 0. The van der Waals surface area contributed by atoms with Crippen LogP contribution < -0.4 is 10.0 Å². The van der Waals surface area contributed by atoms with E-state index in [1.165, 1.54) is 24.5 Å². The highest BCUT2D eigenvalue weighted by Crippen LogP contribution is 2.16. The second kappa shape index (κ2) is 8.73. The highest BCUT2D eigenvalue weighted by Gasteiger charge is 2.28. The number of nitrogens with zero attached hydrogens (tertiary/aromatic N) is 1. The zero-order valence-corrected chi connectivity index (χ0v) is 15.6. The average Bonchev–Trinajstić information content (AvgIpc) is 2.69. The van der Waals surface area contributed by atoms with E-state index in [4.69, 9.17) is 0 Å². The van der Waals surface area contributed by atoms with E-state index in [2.05, 4.69) is 15.0 Å². The van der Waals surface area contributed by atoms with E-state index in [1.54, 1.807) is 36.4 Å². The summed E-state index contributed by atoms with van der Waals surface area (Å²) in [5, 5.41) is 2.65. The molecule has 0 bridgehead atoms. The minimum absolute atomic E-state index is 0.103. The Morgan fingerprint density at radius 1 is 0.964 bits per heavy atom. The van der Waals surface area contributed by atoms with Gasteiger partial charge in [0.15, 0.2) is 0 Å². The van der Waals surface area contributed by atoms with Crippen molar-refractivity contribution in [2.45, 2.75) is 17.4 Å². The number of anilines is 1. The molecule has 8 heteroatoms. The number of aromatic nitrogens is 1. The van der Waals surface area contributed by atoms with Crippen molar-refractivity contribution in [2.75, 3.05) is 5.32 Å². The van der Waals surface area contributed by atoms with Crippen molar-refractivity contribution in [1.29, 1.82) is 0 Å². The average molecular weight is 399 g/mol. The lowest BCUT2D eigenvalue weighted by Gasteiger charge is -2.19. The van der Waals surface area contributed by atoms with Crippen LogP contribution in [-0.2, 0) is 21.2 Å². The number of rotatable bonds is 7. The van der Waals surface area contributed by atoms with Crippen LogP contribution in [0.2, 0.25) is 0 Å². The zero-order valence-electron chi connectivity index (χ0n) is 14.7. The Labute approximate surface area is 162 Å². The largest absolute Gasteiger partial charge is 0.325 e. The highest BCUT2D eigenvalue weighted by molar-refractivity contribution is 7.89. The monoisotopic (exact) mass is 399 g/mol. The Kier molecular flexibility index (Phi) is 6.13. The third kappa shape index (κ3) is 4.99. The molecule has 0 fully saturated rings. The molecule has 1 aromatic heterocycles. The predicted octanol–water partition coefficient (Wildman–Crippen LogP) is 2.75. The number of amides is 1. The summed E-state index contributed by atoms with van der Waals surface area (Å²) < 4.78 is 41.6. The van der Waals surface area contributed by atoms with Crippen LogP contribution >= 0.6 is 0 Å². The van der Waals surface area contributed by atoms with Crippen LogP contribution in [0.25, 0.3) is 0 Å². The molecular weight excluding hydrogens is 381 g/mol. The van der Waals surface area contributed by atoms with Gasteiger partial charge in [-0.05, 0) is 36.2 Å². The van der Waals surface area contributed by atoms with Gasteiger partial charge in [0.1, 0.15) is 16.8 Å². The number of nitrogens with one attached hydrogen (secondary N) is 2. The maximum atomic E-state index is 14.0. The van der Waals surface area contributed by atoms with Gasteiger partial charge in [0, 0.05) is 18.1 Å². The van der Waals surface area contributed by atoms with Crippen molar-refractivity contribution in [2.24, 2.45) is 0 Å². The first kappa shape index (κ1) is 19.7. The molecule has 0 saturated carbocycles. The molecule has 1 heterocycles. The standard InChI is InChI=1S/C20H18FN3O3S/c21-17-8-4-5-9-19(17)28(26,27)24-18(14-15-6-2-1-3-7-15)20(25)23-16-10-12-22-13-11-16/h1-13,18,24H,14H2,(H,22,23,25)/t18-/m0/s1. The van der Waals surface area contributed by atoms with E-state index in [9.17, 15) is 17.6 Å². The van der Waals surface area contributed by atoms with Crippen LogP contribution in [-0.4, -0.2) is 25.4 Å². The molecule has 0 unspecified atom stereocenters.